The van der Waals surface area contributed by atoms with Gasteiger partial charge in [-0.3, -0.25) is 0 Å². The minimum Gasteiger partial charge on any atom is -0.491 e. The van der Waals surface area contributed by atoms with Crippen LogP contribution in [0.4, 0.5) is 0 Å². The van der Waals surface area contributed by atoms with Crippen molar-refractivity contribution in [3.05, 3.63) is 103 Å². The van der Waals surface area contributed by atoms with Gasteiger partial charge < -0.3 is 18.9 Å². The molecule has 1 unspecified atom stereocenters. The van der Waals surface area contributed by atoms with E-state index >= 15 is 0 Å². The minimum atomic E-state index is -0.385. The number of hydrogen-bond acceptors (Lipinski definition) is 5. The molecule has 0 radical (unpaired) electrons. The fourth-order valence-electron chi connectivity index (χ4n) is 4.88. The van der Waals surface area contributed by atoms with Crippen LogP contribution in [0.3, 0.4) is 0 Å². The van der Waals surface area contributed by atoms with Crippen LogP contribution < -0.4 is 4.74 Å². The van der Waals surface area contributed by atoms with Crippen LogP contribution >= 0.6 is 0 Å². The van der Waals surface area contributed by atoms with Crippen molar-refractivity contribution in [3.63, 3.8) is 0 Å². The number of hydrogen-bond donors (Lipinski definition) is 0. The monoisotopic (exact) mass is 536 g/mol. The van der Waals surface area contributed by atoms with Crippen molar-refractivity contribution in [2.45, 2.75) is 38.9 Å². The smallest absolute Gasteiger partial charge is 0.333 e. The van der Waals surface area contributed by atoms with Gasteiger partial charge in [-0.15, -0.1) is 0 Å². The largest absolute Gasteiger partial charge is 0.491 e. The maximum atomic E-state index is 11.9. The first-order chi connectivity index (χ1) is 19.6. The first-order valence-corrected chi connectivity index (χ1v) is 14.0. The Morgan fingerprint density at radius 3 is 2.23 bits per heavy atom. The highest BCUT2D eigenvalue weighted by molar-refractivity contribution is 5.91. The van der Waals surface area contributed by atoms with E-state index in [1.807, 2.05) is 12.1 Å². The SMILES string of the molecule is C=C(C)C(=O)OCCc1cc(-c2ccc3cc(-c4ccccc4)ccc3c2)ccc1OCCOC1CCCCO1. The average Bonchev–Trinajstić information content (AvgIpc) is 3.00. The Hall–Kier alpha value is -3.93. The topological polar surface area (TPSA) is 54.0 Å². The molecule has 0 aliphatic carbocycles. The Kier molecular flexibility index (Phi) is 9.27. The third kappa shape index (κ3) is 7.17. The van der Waals surface area contributed by atoms with E-state index in [1.54, 1.807) is 6.92 Å². The van der Waals surface area contributed by atoms with Crippen molar-refractivity contribution in [2.24, 2.45) is 0 Å². The van der Waals surface area contributed by atoms with Crippen LogP contribution in [0.5, 0.6) is 5.75 Å². The molecule has 5 nitrogen and oxygen atoms in total. The van der Waals surface area contributed by atoms with Crippen molar-refractivity contribution >= 4 is 16.7 Å². The lowest BCUT2D eigenvalue weighted by molar-refractivity contribution is -0.165. The first-order valence-electron chi connectivity index (χ1n) is 14.0. The standard InChI is InChI=1S/C35H36O5/c1-25(2)35(36)40-19-17-32-24-31(15-16-33(32)37-20-21-39-34-10-6-7-18-38-34)30-14-13-28-22-27(11-12-29(28)23-30)26-8-4-3-5-9-26/h3-5,8-9,11-16,22-24,34H,1,6-7,10,17-21H2,2H3. The molecule has 0 bridgehead atoms. The van der Waals surface area contributed by atoms with Crippen LogP contribution in [-0.4, -0.2) is 38.7 Å². The van der Waals surface area contributed by atoms with Crippen LogP contribution in [0.15, 0.2) is 97.1 Å². The molecule has 0 saturated carbocycles. The van der Waals surface area contributed by atoms with Gasteiger partial charge in [0.2, 0.25) is 0 Å². The Bertz CT molecular complexity index is 1450. The molecule has 1 fully saturated rings. The van der Waals surface area contributed by atoms with Crippen LogP contribution in [0.2, 0.25) is 0 Å². The summed E-state index contributed by atoms with van der Waals surface area (Å²) >= 11 is 0. The van der Waals surface area contributed by atoms with Crippen molar-refractivity contribution < 1.29 is 23.7 Å². The molecule has 1 aliphatic heterocycles. The van der Waals surface area contributed by atoms with Crippen LogP contribution in [-0.2, 0) is 25.4 Å². The number of carbonyl (C=O) groups is 1. The summed E-state index contributed by atoms with van der Waals surface area (Å²) < 4.78 is 23.0. The lowest BCUT2D eigenvalue weighted by Gasteiger charge is -2.22. The minimum absolute atomic E-state index is 0.141. The molecule has 206 valence electrons. The summed E-state index contributed by atoms with van der Waals surface area (Å²) in [5, 5.41) is 2.37. The van der Waals surface area contributed by atoms with E-state index in [4.69, 9.17) is 18.9 Å². The maximum Gasteiger partial charge on any atom is 0.333 e. The molecule has 5 heteroatoms. The van der Waals surface area contributed by atoms with Gasteiger partial charge in [-0.25, -0.2) is 4.79 Å². The van der Waals surface area contributed by atoms with Gasteiger partial charge in [0.15, 0.2) is 6.29 Å². The average molecular weight is 537 g/mol. The fourth-order valence-corrected chi connectivity index (χ4v) is 4.88. The van der Waals surface area contributed by atoms with Crippen LogP contribution in [0.25, 0.3) is 33.0 Å². The van der Waals surface area contributed by atoms with E-state index in [2.05, 4.69) is 79.4 Å². The summed E-state index contributed by atoms with van der Waals surface area (Å²) in [5.74, 6) is 0.375. The molecule has 0 N–H and O–H groups in total. The van der Waals surface area contributed by atoms with E-state index in [1.165, 1.54) is 21.9 Å². The van der Waals surface area contributed by atoms with Gasteiger partial charge in [-0.2, -0.15) is 0 Å². The molecule has 5 rings (SSSR count). The number of esters is 1. The third-order valence-corrected chi connectivity index (χ3v) is 7.08. The lowest BCUT2D eigenvalue weighted by atomic mass is 9.96. The van der Waals surface area contributed by atoms with Gasteiger partial charge >= 0.3 is 5.97 Å². The van der Waals surface area contributed by atoms with Gasteiger partial charge in [0, 0.05) is 18.6 Å². The molecular weight excluding hydrogens is 500 g/mol. The summed E-state index contributed by atoms with van der Waals surface area (Å²) in [4.78, 5) is 11.9. The molecule has 0 spiro atoms. The van der Waals surface area contributed by atoms with E-state index < -0.39 is 0 Å². The summed E-state index contributed by atoms with van der Waals surface area (Å²) in [6.07, 6.45) is 3.53. The van der Waals surface area contributed by atoms with Crippen molar-refractivity contribution in [3.8, 4) is 28.0 Å². The lowest BCUT2D eigenvalue weighted by Crippen LogP contribution is -2.24. The van der Waals surface area contributed by atoms with E-state index in [-0.39, 0.29) is 18.9 Å². The quantitative estimate of drug-likeness (QED) is 0.111. The molecule has 1 saturated heterocycles. The summed E-state index contributed by atoms with van der Waals surface area (Å²) in [5.41, 5.74) is 5.96. The number of rotatable bonds is 11. The van der Waals surface area contributed by atoms with Crippen LogP contribution in [0, 0.1) is 0 Å². The Labute approximate surface area is 236 Å². The van der Waals surface area contributed by atoms with E-state index in [9.17, 15) is 4.79 Å². The molecule has 4 aromatic carbocycles. The Morgan fingerprint density at radius 2 is 1.52 bits per heavy atom. The third-order valence-electron chi connectivity index (χ3n) is 7.08. The number of fused-ring (bicyclic) bond motifs is 1. The maximum absolute atomic E-state index is 11.9. The Morgan fingerprint density at radius 1 is 0.825 bits per heavy atom. The van der Waals surface area contributed by atoms with Gasteiger partial charge in [-0.1, -0.05) is 67.2 Å². The van der Waals surface area contributed by atoms with Gasteiger partial charge in [0.1, 0.15) is 12.4 Å². The molecule has 40 heavy (non-hydrogen) atoms. The zero-order valence-electron chi connectivity index (χ0n) is 23.1. The second kappa shape index (κ2) is 13.4. The highest BCUT2D eigenvalue weighted by Gasteiger charge is 2.14. The predicted molar refractivity (Wildman–Crippen MR) is 159 cm³/mol. The molecule has 1 atom stereocenters. The van der Waals surface area contributed by atoms with Crippen molar-refractivity contribution in [1.29, 1.82) is 0 Å². The highest BCUT2D eigenvalue weighted by Crippen LogP contribution is 2.31. The number of carbonyl (C=O) groups excluding carboxylic acids is 1. The van der Waals surface area contributed by atoms with Gasteiger partial charge in [0.05, 0.1) is 13.2 Å². The number of ether oxygens (including phenoxy) is 4. The molecule has 4 aromatic rings. The fraction of sp³-hybridized carbons (Fsp3) is 0.286. The summed E-state index contributed by atoms with van der Waals surface area (Å²) in [6.45, 7) is 7.18. The van der Waals surface area contributed by atoms with Crippen molar-refractivity contribution in [1.82, 2.24) is 0 Å². The van der Waals surface area contributed by atoms with Crippen LogP contribution in [0.1, 0.15) is 31.7 Å². The molecule has 0 amide bonds. The Balaban J connectivity index is 1.32. The molecular formula is C35H36O5. The normalized spacial score (nSPS) is 15.1. The number of benzene rings is 4. The second-order valence-corrected chi connectivity index (χ2v) is 10.1. The molecule has 1 aliphatic rings. The van der Waals surface area contributed by atoms with Gasteiger partial charge in [0.25, 0.3) is 0 Å². The van der Waals surface area contributed by atoms with Crippen molar-refractivity contribution in [2.75, 3.05) is 26.4 Å². The first kappa shape index (κ1) is 27.6. The second-order valence-electron chi connectivity index (χ2n) is 10.1. The summed E-state index contributed by atoms with van der Waals surface area (Å²) in [6, 6.07) is 29.7. The highest BCUT2D eigenvalue weighted by atomic mass is 16.7. The predicted octanol–water partition coefficient (Wildman–Crippen LogP) is 7.76. The summed E-state index contributed by atoms with van der Waals surface area (Å²) in [7, 11) is 0. The van der Waals surface area contributed by atoms with Gasteiger partial charge in [-0.05, 0) is 89.0 Å². The molecule has 1 heterocycles. The van der Waals surface area contributed by atoms with E-state index in [0.717, 1.165) is 48.3 Å². The molecule has 0 aromatic heterocycles. The zero-order chi connectivity index (χ0) is 27.7. The zero-order valence-corrected chi connectivity index (χ0v) is 23.1. The van der Waals surface area contributed by atoms with E-state index in [0.29, 0.717) is 25.2 Å².